The number of allylic oxidation sites excluding steroid dienone is 4. The van der Waals surface area contributed by atoms with Crippen LogP contribution in [0, 0.1) is 5.92 Å². The molecule has 0 aliphatic heterocycles. The Morgan fingerprint density at radius 1 is 0.600 bits per heavy atom. The Morgan fingerprint density at radius 2 is 1.12 bits per heavy atom. The predicted molar refractivity (Wildman–Crippen MR) is 105 cm³/mol. The second-order valence-electron chi connectivity index (χ2n) is 6.42. The van der Waals surface area contributed by atoms with Crippen LogP contribution in [0.25, 0.3) is 0 Å². The summed E-state index contributed by atoms with van der Waals surface area (Å²) >= 11 is 0. The highest BCUT2D eigenvalue weighted by atomic mass is 14.3. The first-order valence-electron chi connectivity index (χ1n) is 8.80. The standard InChI is InChI=1S/C25H21/c1-4-11-20(12-5-1)19-23-17-10-18-24(23)25(21-13-6-2-7-14-21)22-15-8-3-9-16-22/h1-18,25H,19H2. The van der Waals surface area contributed by atoms with Gasteiger partial charge in [0.2, 0.25) is 0 Å². The highest BCUT2D eigenvalue weighted by Gasteiger charge is 2.28. The highest BCUT2D eigenvalue weighted by Crippen LogP contribution is 2.41. The zero-order chi connectivity index (χ0) is 16.9. The summed E-state index contributed by atoms with van der Waals surface area (Å²) in [5.41, 5.74) is 5.45. The van der Waals surface area contributed by atoms with Gasteiger partial charge < -0.3 is 0 Å². The Labute approximate surface area is 150 Å². The van der Waals surface area contributed by atoms with Crippen molar-refractivity contribution in [3.8, 4) is 0 Å². The minimum Gasteiger partial charge on any atom is -0.0721 e. The first kappa shape index (κ1) is 15.7. The minimum atomic E-state index is 0.274. The molecule has 0 heteroatoms. The summed E-state index contributed by atoms with van der Waals surface area (Å²) in [6.07, 6.45) is 7.70. The summed E-state index contributed by atoms with van der Waals surface area (Å²) in [6.45, 7) is 0. The molecule has 0 aromatic heterocycles. The van der Waals surface area contributed by atoms with E-state index >= 15 is 0 Å². The second kappa shape index (κ2) is 7.36. The third-order valence-electron chi connectivity index (χ3n) is 4.76. The number of benzene rings is 3. The van der Waals surface area contributed by atoms with Crippen LogP contribution in [0.1, 0.15) is 22.6 Å². The largest absolute Gasteiger partial charge is 0.0721 e. The van der Waals surface area contributed by atoms with Crippen LogP contribution in [0.3, 0.4) is 0 Å². The lowest BCUT2D eigenvalue weighted by Gasteiger charge is -2.26. The molecule has 0 saturated heterocycles. The molecule has 4 rings (SSSR count). The van der Waals surface area contributed by atoms with Gasteiger partial charge in [0.05, 0.1) is 0 Å². The van der Waals surface area contributed by atoms with Crippen LogP contribution in [0.2, 0.25) is 0 Å². The maximum Gasteiger partial charge on any atom is 0.0347 e. The molecule has 1 aliphatic carbocycles. The average Bonchev–Trinajstić information content (AvgIpc) is 3.12. The van der Waals surface area contributed by atoms with Crippen molar-refractivity contribution < 1.29 is 0 Å². The molecule has 3 aromatic rings. The molecule has 25 heavy (non-hydrogen) atoms. The summed E-state index contributed by atoms with van der Waals surface area (Å²) in [7, 11) is 0. The van der Waals surface area contributed by atoms with Crippen molar-refractivity contribution in [2.75, 3.05) is 0 Å². The van der Waals surface area contributed by atoms with Gasteiger partial charge in [-0.3, -0.25) is 0 Å². The van der Waals surface area contributed by atoms with Gasteiger partial charge in [-0.1, -0.05) is 115 Å². The molecular formula is C25H21. The summed E-state index contributed by atoms with van der Waals surface area (Å²) < 4.78 is 0. The van der Waals surface area contributed by atoms with E-state index in [-0.39, 0.29) is 5.92 Å². The fraction of sp³-hybridized carbons (Fsp3) is 0.0800. The normalized spacial score (nSPS) is 14.0. The van der Waals surface area contributed by atoms with Crippen LogP contribution in [0.15, 0.2) is 115 Å². The van der Waals surface area contributed by atoms with Gasteiger partial charge in [0.1, 0.15) is 0 Å². The maximum absolute atomic E-state index is 2.28. The molecule has 1 aliphatic rings. The minimum absolute atomic E-state index is 0.274. The van der Waals surface area contributed by atoms with Crippen LogP contribution in [0.5, 0.6) is 0 Å². The molecule has 0 bridgehead atoms. The van der Waals surface area contributed by atoms with Crippen molar-refractivity contribution in [1.29, 1.82) is 0 Å². The quantitative estimate of drug-likeness (QED) is 0.530. The Bertz CT molecular complexity index is 818. The van der Waals surface area contributed by atoms with E-state index in [1.54, 1.807) is 0 Å². The van der Waals surface area contributed by atoms with E-state index in [4.69, 9.17) is 0 Å². The monoisotopic (exact) mass is 321 g/mol. The van der Waals surface area contributed by atoms with Crippen molar-refractivity contribution in [1.82, 2.24) is 0 Å². The van der Waals surface area contributed by atoms with Crippen molar-refractivity contribution in [2.45, 2.75) is 12.3 Å². The lowest BCUT2D eigenvalue weighted by molar-refractivity contribution is 0.863. The molecule has 0 saturated carbocycles. The van der Waals surface area contributed by atoms with Gasteiger partial charge in [0, 0.05) is 11.8 Å². The van der Waals surface area contributed by atoms with E-state index in [1.165, 1.54) is 28.2 Å². The number of hydrogen-bond acceptors (Lipinski definition) is 0. The van der Waals surface area contributed by atoms with Crippen molar-refractivity contribution in [3.05, 3.63) is 137 Å². The molecule has 0 spiro atoms. The molecule has 0 N–H and O–H groups in total. The van der Waals surface area contributed by atoms with Crippen LogP contribution >= 0.6 is 0 Å². The molecule has 0 unspecified atom stereocenters. The fourth-order valence-electron chi connectivity index (χ4n) is 3.57. The maximum atomic E-state index is 2.28. The lowest BCUT2D eigenvalue weighted by Crippen LogP contribution is -2.13. The van der Waals surface area contributed by atoms with Crippen LogP contribution < -0.4 is 0 Å². The van der Waals surface area contributed by atoms with E-state index in [0.717, 1.165) is 6.42 Å². The third kappa shape index (κ3) is 3.49. The topological polar surface area (TPSA) is 0 Å². The van der Waals surface area contributed by atoms with E-state index in [0.29, 0.717) is 0 Å². The van der Waals surface area contributed by atoms with Gasteiger partial charge in [-0.2, -0.15) is 0 Å². The molecular weight excluding hydrogens is 300 g/mol. The average molecular weight is 321 g/mol. The smallest absolute Gasteiger partial charge is 0.0347 e. The summed E-state index contributed by atoms with van der Waals surface area (Å²) in [5, 5.41) is 0. The van der Waals surface area contributed by atoms with Gasteiger partial charge in [-0.25, -0.2) is 0 Å². The van der Waals surface area contributed by atoms with E-state index < -0.39 is 0 Å². The zero-order valence-corrected chi connectivity index (χ0v) is 14.2. The van der Waals surface area contributed by atoms with Crippen molar-refractivity contribution in [2.24, 2.45) is 0 Å². The van der Waals surface area contributed by atoms with Gasteiger partial charge in [-0.15, -0.1) is 0 Å². The lowest BCUT2D eigenvalue weighted by atomic mass is 9.77. The third-order valence-corrected chi connectivity index (χ3v) is 4.76. The summed E-state index contributed by atoms with van der Waals surface area (Å²) in [5.74, 6) is 1.68. The molecule has 1 radical (unpaired) electrons. The van der Waals surface area contributed by atoms with Gasteiger partial charge >= 0.3 is 0 Å². The van der Waals surface area contributed by atoms with E-state index in [9.17, 15) is 0 Å². The first-order chi connectivity index (χ1) is 12.4. The molecule has 0 heterocycles. The Balaban J connectivity index is 1.70. The van der Waals surface area contributed by atoms with Gasteiger partial charge in [-0.05, 0) is 23.1 Å². The molecule has 0 nitrogen and oxygen atoms in total. The summed E-state index contributed by atoms with van der Waals surface area (Å²) in [4.78, 5) is 0. The Morgan fingerprint density at radius 3 is 1.68 bits per heavy atom. The molecule has 0 atom stereocenters. The van der Waals surface area contributed by atoms with Crippen molar-refractivity contribution in [3.63, 3.8) is 0 Å². The Hall–Kier alpha value is -2.86. The molecule has 3 aromatic carbocycles. The van der Waals surface area contributed by atoms with E-state index in [1.807, 2.05) is 0 Å². The molecule has 0 fully saturated rings. The van der Waals surface area contributed by atoms with Gasteiger partial charge in [0.25, 0.3) is 0 Å². The van der Waals surface area contributed by atoms with Crippen LogP contribution in [-0.2, 0) is 6.42 Å². The van der Waals surface area contributed by atoms with Crippen LogP contribution in [0.4, 0.5) is 0 Å². The summed E-state index contributed by atoms with van der Waals surface area (Å²) in [6, 6.07) is 32.3. The predicted octanol–water partition coefficient (Wildman–Crippen LogP) is 6.13. The van der Waals surface area contributed by atoms with Crippen molar-refractivity contribution >= 4 is 0 Å². The SMILES string of the molecule is C1=C[C](C(c2ccccc2)c2ccccc2)C(Cc2ccccc2)=C1. The second-order valence-corrected chi connectivity index (χ2v) is 6.42. The number of rotatable bonds is 5. The van der Waals surface area contributed by atoms with E-state index in [2.05, 4.69) is 109 Å². The zero-order valence-electron chi connectivity index (χ0n) is 14.2. The molecule has 121 valence electrons. The highest BCUT2D eigenvalue weighted by molar-refractivity contribution is 5.55. The first-order valence-corrected chi connectivity index (χ1v) is 8.80. The van der Waals surface area contributed by atoms with Crippen LogP contribution in [-0.4, -0.2) is 0 Å². The Kier molecular flexibility index (Phi) is 4.61. The van der Waals surface area contributed by atoms with Gasteiger partial charge in [0.15, 0.2) is 0 Å². The molecule has 0 amide bonds. The fourth-order valence-corrected chi connectivity index (χ4v) is 3.57. The number of hydrogen-bond donors (Lipinski definition) is 0.